The topological polar surface area (TPSA) is 97.2 Å². The molecule has 1 aliphatic heterocycles. The lowest BCUT2D eigenvalue weighted by atomic mass is 9.97. The van der Waals surface area contributed by atoms with Gasteiger partial charge in [0, 0.05) is 50.2 Å². The molecule has 3 heterocycles. The molecule has 0 spiro atoms. The first kappa shape index (κ1) is 22.1. The molecule has 4 rings (SSSR count). The van der Waals surface area contributed by atoms with E-state index in [0.29, 0.717) is 25.2 Å². The SMILES string of the molecule is O=C(Nc1ccn(CCc2ccncc2)n1)C1CCN(S(=O)(=O)c2ccccc2F)CC1. The van der Waals surface area contributed by atoms with Crippen LogP contribution in [0.1, 0.15) is 18.4 Å². The average Bonchev–Trinajstić information content (AvgIpc) is 3.26. The Balaban J connectivity index is 1.30. The maximum absolute atomic E-state index is 14.0. The van der Waals surface area contributed by atoms with Crippen molar-refractivity contribution in [1.29, 1.82) is 0 Å². The monoisotopic (exact) mass is 457 g/mol. The molecule has 168 valence electrons. The van der Waals surface area contributed by atoms with Crippen LogP contribution >= 0.6 is 0 Å². The van der Waals surface area contributed by atoms with Crippen LogP contribution in [0.25, 0.3) is 0 Å². The number of pyridine rings is 1. The zero-order chi connectivity index (χ0) is 22.6. The Kier molecular flexibility index (Phi) is 6.61. The second-order valence-corrected chi connectivity index (χ2v) is 9.57. The fourth-order valence-corrected chi connectivity index (χ4v) is 5.26. The van der Waals surface area contributed by atoms with E-state index in [1.165, 1.54) is 22.5 Å². The van der Waals surface area contributed by atoms with Crippen LogP contribution in [0.15, 0.2) is 66.0 Å². The Hall–Kier alpha value is -3.11. The zero-order valence-corrected chi connectivity index (χ0v) is 18.2. The quantitative estimate of drug-likeness (QED) is 0.588. The first-order valence-electron chi connectivity index (χ1n) is 10.4. The molecule has 2 aromatic heterocycles. The lowest BCUT2D eigenvalue weighted by molar-refractivity contribution is -0.120. The van der Waals surface area contributed by atoms with Crippen LogP contribution in [0.4, 0.5) is 10.2 Å². The number of anilines is 1. The summed E-state index contributed by atoms with van der Waals surface area (Å²) in [7, 11) is -3.92. The summed E-state index contributed by atoms with van der Waals surface area (Å²) >= 11 is 0. The number of nitrogens with one attached hydrogen (secondary N) is 1. The number of halogens is 1. The number of aryl methyl sites for hydroxylation is 2. The third-order valence-corrected chi connectivity index (χ3v) is 7.48. The Labute approximate surface area is 186 Å². The van der Waals surface area contributed by atoms with Crippen LogP contribution in [0.3, 0.4) is 0 Å². The Morgan fingerprint density at radius 3 is 2.53 bits per heavy atom. The van der Waals surface area contributed by atoms with Crippen molar-refractivity contribution in [3.8, 4) is 0 Å². The molecule has 1 aromatic carbocycles. The molecule has 0 bridgehead atoms. The van der Waals surface area contributed by atoms with Gasteiger partial charge in [0.25, 0.3) is 0 Å². The maximum Gasteiger partial charge on any atom is 0.245 e. The van der Waals surface area contributed by atoms with E-state index in [4.69, 9.17) is 0 Å². The van der Waals surface area contributed by atoms with Crippen molar-refractivity contribution < 1.29 is 17.6 Å². The summed E-state index contributed by atoms with van der Waals surface area (Å²) in [5.41, 5.74) is 1.15. The molecule has 1 saturated heterocycles. The molecule has 8 nitrogen and oxygen atoms in total. The van der Waals surface area contributed by atoms with Crippen molar-refractivity contribution in [2.24, 2.45) is 5.92 Å². The molecule has 3 aromatic rings. The van der Waals surface area contributed by atoms with Crippen LogP contribution in [-0.2, 0) is 27.8 Å². The number of carbonyl (C=O) groups is 1. The molecule has 10 heteroatoms. The number of benzene rings is 1. The Bertz CT molecular complexity index is 1180. The normalized spacial score (nSPS) is 15.5. The largest absolute Gasteiger partial charge is 0.309 e. The van der Waals surface area contributed by atoms with Crippen LogP contribution in [0, 0.1) is 11.7 Å². The van der Waals surface area contributed by atoms with E-state index in [1.807, 2.05) is 12.1 Å². The van der Waals surface area contributed by atoms with Gasteiger partial charge in [0.05, 0.1) is 0 Å². The summed E-state index contributed by atoms with van der Waals surface area (Å²) in [6.07, 6.45) is 6.82. The molecule has 0 saturated carbocycles. The van der Waals surface area contributed by atoms with Gasteiger partial charge in [-0.15, -0.1) is 0 Å². The van der Waals surface area contributed by atoms with Crippen molar-refractivity contribution in [3.63, 3.8) is 0 Å². The third kappa shape index (κ3) is 5.03. The number of piperidine rings is 1. The number of hydrogen-bond acceptors (Lipinski definition) is 5. The van der Waals surface area contributed by atoms with Gasteiger partial charge >= 0.3 is 0 Å². The lowest BCUT2D eigenvalue weighted by Crippen LogP contribution is -2.41. The van der Waals surface area contributed by atoms with E-state index in [9.17, 15) is 17.6 Å². The fraction of sp³-hybridized carbons (Fsp3) is 0.318. The minimum absolute atomic E-state index is 0.162. The van der Waals surface area contributed by atoms with Gasteiger partial charge in [-0.1, -0.05) is 12.1 Å². The summed E-state index contributed by atoms with van der Waals surface area (Å²) < 4.78 is 42.4. The van der Waals surface area contributed by atoms with Gasteiger partial charge in [0.15, 0.2) is 5.82 Å². The van der Waals surface area contributed by atoms with Gasteiger partial charge in [-0.25, -0.2) is 12.8 Å². The molecule has 0 aliphatic carbocycles. The highest BCUT2D eigenvalue weighted by atomic mass is 32.2. The second-order valence-electron chi connectivity index (χ2n) is 7.67. The predicted octanol–water partition coefficient (Wildman–Crippen LogP) is 2.70. The van der Waals surface area contributed by atoms with Crippen molar-refractivity contribution >= 4 is 21.7 Å². The summed E-state index contributed by atoms with van der Waals surface area (Å²) in [4.78, 5) is 16.3. The molecule has 1 amide bonds. The molecule has 0 radical (unpaired) electrons. The van der Waals surface area contributed by atoms with Gasteiger partial charge < -0.3 is 5.32 Å². The summed E-state index contributed by atoms with van der Waals surface area (Å²) in [5, 5.41) is 7.20. The van der Waals surface area contributed by atoms with Gasteiger partial charge in [-0.05, 0) is 49.1 Å². The molecule has 1 aliphatic rings. The summed E-state index contributed by atoms with van der Waals surface area (Å²) in [6.45, 7) is 0.996. The Morgan fingerprint density at radius 1 is 1.09 bits per heavy atom. The predicted molar refractivity (Wildman–Crippen MR) is 117 cm³/mol. The molecular weight excluding hydrogens is 433 g/mol. The van der Waals surface area contributed by atoms with Gasteiger partial charge in [-0.3, -0.25) is 14.5 Å². The van der Waals surface area contributed by atoms with Crippen LogP contribution in [0.2, 0.25) is 0 Å². The number of aromatic nitrogens is 3. The smallest absolute Gasteiger partial charge is 0.245 e. The first-order valence-corrected chi connectivity index (χ1v) is 11.9. The number of carbonyl (C=O) groups excluding carboxylic acids is 1. The van der Waals surface area contributed by atoms with Crippen LogP contribution in [-0.4, -0.2) is 46.5 Å². The highest BCUT2D eigenvalue weighted by Crippen LogP contribution is 2.26. The van der Waals surface area contributed by atoms with Gasteiger partial charge in [0.2, 0.25) is 15.9 Å². The number of nitrogens with zero attached hydrogens (tertiary/aromatic N) is 4. The van der Waals surface area contributed by atoms with Crippen molar-refractivity contribution in [1.82, 2.24) is 19.1 Å². The molecule has 0 unspecified atom stereocenters. The second kappa shape index (κ2) is 9.58. The first-order chi connectivity index (χ1) is 15.4. The Morgan fingerprint density at radius 2 is 1.81 bits per heavy atom. The van der Waals surface area contributed by atoms with Gasteiger partial charge in [0.1, 0.15) is 10.7 Å². The van der Waals surface area contributed by atoms with E-state index in [1.54, 1.807) is 29.3 Å². The molecular formula is C22H24FN5O3S. The minimum atomic E-state index is -3.92. The number of amides is 1. The maximum atomic E-state index is 14.0. The van der Waals surface area contributed by atoms with E-state index >= 15 is 0 Å². The fourth-order valence-electron chi connectivity index (χ4n) is 3.73. The highest BCUT2D eigenvalue weighted by Gasteiger charge is 2.33. The average molecular weight is 458 g/mol. The summed E-state index contributed by atoms with van der Waals surface area (Å²) in [5.74, 6) is -0.825. The zero-order valence-electron chi connectivity index (χ0n) is 17.4. The van der Waals surface area contributed by atoms with Crippen molar-refractivity contribution in [2.75, 3.05) is 18.4 Å². The molecule has 0 atom stereocenters. The number of hydrogen-bond donors (Lipinski definition) is 1. The number of sulfonamides is 1. The van der Waals surface area contributed by atoms with Crippen LogP contribution < -0.4 is 5.32 Å². The van der Waals surface area contributed by atoms with E-state index in [-0.39, 0.29) is 29.8 Å². The summed E-state index contributed by atoms with van der Waals surface area (Å²) in [6, 6.07) is 11.0. The minimum Gasteiger partial charge on any atom is -0.309 e. The van der Waals surface area contributed by atoms with E-state index in [2.05, 4.69) is 15.4 Å². The number of rotatable bonds is 7. The molecule has 1 fully saturated rings. The third-order valence-electron chi connectivity index (χ3n) is 5.55. The standard InChI is InChI=1S/C22H24FN5O3S/c23-19-3-1-2-4-20(19)32(30,31)28-15-8-18(9-16-28)22(29)25-21-10-14-27(26-21)13-7-17-5-11-24-12-6-17/h1-6,10-12,14,18H,7-9,13,15-16H2,(H,25,26,29). The lowest BCUT2D eigenvalue weighted by Gasteiger charge is -2.30. The molecule has 32 heavy (non-hydrogen) atoms. The highest BCUT2D eigenvalue weighted by molar-refractivity contribution is 7.89. The molecule has 1 N–H and O–H groups in total. The van der Waals surface area contributed by atoms with E-state index < -0.39 is 15.8 Å². The van der Waals surface area contributed by atoms with E-state index in [0.717, 1.165) is 18.1 Å². The van der Waals surface area contributed by atoms with Gasteiger partial charge in [-0.2, -0.15) is 9.40 Å². The van der Waals surface area contributed by atoms with Crippen molar-refractivity contribution in [3.05, 3.63) is 72.4 Å². The van der Waals surface area contributed by atoms with Crippen LogP contribution in [0.5, 0.6) is 0 Å². The van der Waals surface area contributed by atoms with Crippen molar-refractivity contribution in [2.45, 2.75) is 30.7 Å².